The molecule has 1 aromatic carbocycles. The van der Waals surface area contributed by atoms with Gasteiger partial charge in [-0.15, -0.1) is 11.3 Å². The Morgan fingerprint density at radius 3 is 2.76 bits per heavy atom. The number of thiophene rings is 1. The van der Waals surface area contributed by atoms with Gasteiger partial charge in [-0.3, -0.25) is 4.79 Å². The largest absolute Gasteiger partial charge is 0.496 e. The van der Waals surface area contributed by atoms with Gasteiger partial charge in [0, 0.05) is 10.4 Å². The first kappa shape index (κ1) is 16.8. The van der Waals surface area contributed by atoms with Crippen molar-refractivity contribution in [2.45, 2.75) is 38.5 Å². The predicted molar refractivity (Wildman–Crippen MR) is 106 cm³/mol. The van der Waals surface area contributed by atoms with Crippen LogP contribution in [0.1, 0.15) is 36.1 Å². The van der Waals surface area contributed by atoms with Crippen molar-refractivity contribution in [1.29, 1.82) is 0 Å². The van der Waals surface area contributed by atoms with Gasteiger partial charge in [-0.25, -0.2) is 4.98 Å². The molecule has 0 unspecified atom stereocenters. The summed E-state index contributed by atoms with van der Waals surface area (Å²) < 4.78 is 6.11. The summed E-state index contributed by atoms with van der Waals surface area (Å²) in [4.78, 5) is 22.7. The Kier molecular flexibility index (Phi) is 4.65. The van der Waals surface area contributed by atoms with E-state index in [0.717, 1.165) is 45.3 Å². The lowest BCUT2D eigenvalue weighted by Crippen LogP contribution is -2.10. The summed E-state index contributed by atoms with van der Waals surface area (Å²) in [6.45, 7) is 0. The lowest BCUT2D eigenvalue weighted by atomic mass is 9.98. The highest BCUT2D eigenvalue weighted by Gasteiger charge is 2.19. The monoisotopic (exact) mass is 418 g/mol. The van der Waals surface area contributed by atoms with Crippen molar-refractivity contribution in [3.05, 3.63) is 43.5 Å². The molecule has 6 heteroatoms. The number of methoxy groups -OCH3 is 1. The number of hydrogen-bond donors (Lipinski definition) is 1. The van der Waals surface area contributed by atoms with Crippen molar-refractivity contribution >= 4 is 37.5 Å². The minimum absolute atomic E-state index is 0.0231. The number of nitrogens with one attached hydrogen (secondary N) is 1. The molecule has 1 aliphatic rings. The van der Waals surface area contributed by atoms with E-state index in [9.17, 15) is 4.79 Å². The maximum Gasteiger partial charge on any atom is 0.260 e. The van der Waals surface area contributed by atoms with Gasteiger partial charge in [0.25, 0.3) is 5.56 Å². The number of rotatable bonds is 2. The molecule has 25 heavy (non-hydrogen) atoms. The van der Waals surface area contributed by atoms with E-state index in [2.05, 4.69) is 20.9 Å². The first-order valence-corrected chi connectivity index (χ1v) is 10.2. The van der Waals surface area contributed by atoms with Crippen LogP contribution in [0.3, 0.4) is 0 Å². The third-order valence-electron chi connectivity index (χ3n) is 4.75. The Hall–Kier alpha value is -1.66. The van der Waals surface area contributed by atoms with Gasteiger partial charge in [0.1, 0.15) is 16.4 Å². The van der Waals surface area contributed by atoms with Crippen molar-refractivity contribution in [2.75, 3.05) is 7.11 Å². The van der Waals surface area contributed by atoms with E-state index < -0.39 is 0 Å². The standard InChI is InChI=1S/C19H19BrN2O2S/c1-24-14-9-8-11(10-13(14)20)17-21-18(23)16-12-6-4-2-3-5-7-15(12)25-19(16)22-17/h8-10H,2-7H2,1H3,(H,21,22,23). The normalized spacial score (nSPS) is 14.8. The van der Waals surface area contributed by atoms with Crippen molar-refractivity contribution < 1.29 is 4.74 Å². The Balaban J connectivity index is 1.85. The van der Waals surface area contributed by atoms with Gasteiger partial charge in [-0.2, -0.15) is 0 Å². The fraction of sp³-hybridized carbons (Fsp3) is 0.368. The van der Waals surface area contributed by atoms with Crippen molar-refractivity contribution in [2.24, 2.45) is 0 Å². The molecule has 0 atom stereocenters. The van der Waals surface area contributed by atoms with Crippen LogP contribution < -0.4 is 10.3 Å². The number of ether oxygens (including phenoxy) is 1. The molecular formula is C19H19BrN2O2S. The van der Waals surface area contributed by atoms with Gasteiger partial charge < -0.3 is 9.72 Å². The summed E-state index contributed by atoms with van der Waals surface area (Å²) in [5, 5.41) is 0.804. The molecule has 2 aromatic heterocycles. The van der Waals surface area contributed by atoms with E-state index in [1.807, 2.05) is 18.2 Å². The van der Waals surface area contributed by atoms with Crippen LogP contribution in [0.2, 0.25) is 0 Å². The van der Waals surface area contributed by atoms with Crippen LogP contribution in [-0.2, 0) is 12.8 Å². The van der Waals surface area contributed by atoms with Gasteiger partial charge in [0.05, 0.1) is 17.0 Å². The molecule has 1 N–H and O–H groups in total. The van der Waals surface area contributed by atoms with Crippen LogP contribution in [0, 0.1) is 0 Å². The van der Waals surface area contributed by atoms with E-state index in [4.69, 9.17) is 9.72 Å². The average Bonchev–Trinajstić information content (AvgIpc) is 2.92. The van der Waals surface area contributed by atoms with Crippen molar-refractivity contribution in [1.82, 2.24) is 9.97 Å². The van der Waals surface area contributed by atoms with Gasteiger partial charge in [0.15, 0.2) is 0 Å². The Morgan fingerprint density at radius 1 is 1.20 bits per heavy atom. The van der Waals surface area contributed by atoms with Crippen LogP contribution >= 0.6 is 27.3 Å². The molecule has 0 fully saturated rings. The maximum absolute atomic E-state index is 12.8. The zero-order valence-corrected chi connectivity index (χ0v) is 16.4. The van der Waals surface area contributed by atoms with E-state index in [1.54, 1.807) is 18.4 Å². The molecule has 4 nitrogen and oxygen atoms in total. The molecule has 3 aromatic rings. The smallest absolute Gasteiger partial charge is 0.260 e. The SMILES string of the molecule is COc1ccc(-c2nc3sc4c(c3c(=O)[nH]2)CCCCCC4)cc1Br. The highest BCUT2D eigenvalue weighted by Crippen LogP contribution is 2.34. The number of halogens is 1. The topological polar surface area (TPSA) is 55.0 Å². The molecule has 130 valence electrons. The summed E-state index contributed by atoms with van der Waals surface area (Å²) in [6.07, 6.45) is 6.96. The molecule has 0 bridgehead atoms. The van der Waals surface area contributed by atoms with Gasteiger partial charge >= 0.3 is 0 Å². The molecule has 0 radical (unpaired) electrons. The second-order valence-electron chi connectivity index (χ2n) is 6.36. The lowest BCUT2D eigenvalue weighted by Gasteiger charge is -2.09. The highest BCUT2D eigenvalue weighted by molar-refractivity contribution is 9.10. The molecule has 0 amide bonds. The minimum atomic E-state index is -0.0231. The van der Waals surface area contributed by atoms with Crippen LogP contribution in [0.5, 0.6) is 5.75 Å². The number of aromatic nitrogens is 2. The van der Waals surface area contributed by atoms with Crippen LogP contribution in [0.15, 0.2) is 27.5 Å². The second-order valence-corrected chi connectivity index (χ2v) is 8.30. The summed E-state index contributed by atoms with van der Waals surface area (Å²) in [7, 11) is 1.63. The maximum atomic E-state index is 12.8. The molecule has 4 rings (SSSR count). The highest BCUT2D eigenvalue weighted by atomic mass is 79.9. The molecule has 0 aliphatic heterocycles. The average molecular weight is 419 g/mol. The van der Waals surface area contributed by atoms with Crippen LogP contribution in [-0.4, -0.2) is 17.1 Å². The van der Waals surface area contributed by atoms with Crippen LogP contribution in [0.4, 0.5) is 0 Å². The van der Waals surface area contributed by atoms with E-state index in [-0.39, 0.29) is 5.56 Å². The number of aromatic amines is 1. The molecule has 0 saturated heterocycles. The first-order valence-electron chi connectivity index (χ1n) is 8.56. The summed E-state index contributed by atoms with van der Waals surface area (Å²) in [5.41, 5.74) is 2.08. The molecular weight excluding hydrogens is 400 g/mol. The van der Waals surface area contributed by atoms with E-state index >= 15 is 0 Å². The molecule has 0 spiro atoms. The zero-order chi connectivity index (χ0) is 17.4. The Labute approximate surface area is 158 Å². The lowest BCUT2D eigenvalue weighted by molar-refractivity contribution is 0.412. The molecule has 0 saturated carbocycles. The van der Waals surface area contributed by atoms with Gasteiger partial charge in [0.2, 0.25) is 0 Å². The molecule has 2 heterocycles. The minimum Gasteiger partial charge on any atom is -0.496 e. The quantitative estimate of drug-likeness (QED) is 0.630. The number of benzene rings is 1. The van der Waals surface area contributed by atoms with Crippen LogP contribution in [0.25, 0.3) is 21.6 Å². The van der Waals surface area contributed by atoms with E-state index in [1.165, 1.54) is 29.7 Å². The number of fused-ring (bicyclic) bond motifs is 3. The van der Waals surface area contributed by atoms with E-state index in [0.29, 0.717) is 5.82 Å². The van der Waals surface area contributed by atoms with Crippen molar-refractivity contribution in [3.8, 4) is 17.1 Å². The summed E-state index contributed by atoms with van der Waals surface area (Å²) in [6, 6.07) is 5.71. The summed E-state index contributed by atoms with van der Waals surface area (Å²) in [5.74, 6) is 1.36. The summed E-state index contributed by atoms with van der Waals surface area (Å²) >= 11 is 5.18. The number of nitrogens with zero attached hydrogens (tertiary/aromatic N) is 1. The predicted octanol–water partition coefficient (Wildman–Crippen LogP) is 5.08. The fourth-order valence-corrected chi connectivity index (χ4v) is 5.27. The Bertz CT molecular complexity index is 993. The van der Waals surface area contributed by atoms with Gasteiger partial charge in [-0.1, -0.05) is 12.8 Å². The fourth-order valence-electron chi connectivity index (χ4n) is 3.47. The zero-order valence-electron chi connectivity index (χ0n) is 14.0. The van der Waals surface area contributed by atoms with Crippen molar-refractivity contribution in [3.63, 3.8) is 0 Å². The number of hydrogen-bond acceptors (Lipinski definition) is 4. The third-order valence-corrected chi connectivity index (χ3v) is 6.56. The number of aryl methyl sites for hydroxylation is 2. The third kappa shape index (κ3) is 3.13. The number of H-pyrrole nitrogens is 1. The first-order chi connectivity index (χ1) is 12.2. The second kappa shape index (κ2) is 6.92. The van der Waals surface area contributed by atoms with Gasteiger partial charge in [-0.05, 0) is 65.4 Å². The molecule has 1 aliphatic carbocycles. The Morgan fingerprint density at radius 2 is 2.00 bits per heavy atom.